The number of ether oxygens (including phenoxy) is 1. The van der Waals surface area contributed by atoms with E-state index in [-0.39, 0.29) is 5.91 Å². The Morgan fingerprint density at radius 2 is 2.13 bits per heavy atom. The molecule has 0 aliphatic carbocycles. The number of rotatable bonds is 5. The zero-order valence-corrected chi connectivity index (χ0v) is 15.0. The van der Waals surface area contributed by atoms with Crippen LogP contribution in [0.25, 0.3) is 6.08 Å². The van der Waals surface area contributed by atoms with Crippen molar-refractivity contribution in [2.45, 2.75) is 12.1 Å². The Balaban J connectivity index is 2.20. The lowest BCUT2D eigenvalue weighted by molar-refractivity contribution is -0.112. The lowest BCUT2D eigenvalue weighted by atomic mass is 10.2. The van der Waals surface area contributed by atoms with E-state index in [9.17, 15) is 4.79 Å². The number of hydrogen-bond acceptors (Lipinski definition) is 5. The summed E-state index contributed by atoms with van der Waals surface area (Å²) < 4.78 is 6.74. The van der Waals surface area contributed by atoms with Gasteiger partial charge in [-0.15, -0.1) is 10.2 Å². The Morgan fingerprint density at radius 1 is 1.39 bits per heavy atom. The van der Waals surface area contributed by atoms with Crippen molar-refractivity contribution in [2.24, 2.45) is 0 Å². The number of aryl methyl sites for hydroxylation is 1. The fraction of sp³-hybridized carbons (Fsp3) is 0.214. The van der Waals surface area contributed by atoms with Gasteiger partial charge in [-0.1, -0.05) is 35.0 Å². The van der Waals surface area contributed by atoms with Gasteiger partial charge in [0.05, 0.1) is 12.1 Å². The van der Waals surface area contributed by atoms with E-state index in [4.69, 9.17) is 27.9 Å². The SMILES string of the molecule is COc1c(Cl)cc(Cl)cc1/C=C/C(=O)Nn1c(C)nnc1SC. The second kappa shape index (κ2) is 7.72. The van der Waals surface area contributed by atoms with Crippen molar-refractivity contribution in [3.05, 3.63) is 39.6 Å². The average molecular weight is 373 g/mol. The summed E-state index contributed by atoms with van der Waals surface area (Å²) >= 11 is 13.4. The highest BCUT2D eigenvalue weighted by Gasteiger charge is 2.10. The average Bonchev–Trinajstić information content (AvgIpc) is 2.85. The van der Waals surface area contributed by atoms with E-state index < -0.39 is 0 Å². The van der Waals surface area contributed by atoms with E-state index >= 15 is 0 Å². The highest BCUT2D eigenvalue weighted by atomic mass is 35.5. The Bertz CT molecular complexity index is 761. The summed E-state index contributed by atoms with van der Waals surface area (Å²) in [7, 11) is 1.50. The molecule has 0 aliphatic rings. The van der Waals surface area contributed by atoms with Crippen LogP contribution in [-0.4, -0.2) is 34.1 Å². The van der Waals surface area contributed by atoms with E-state index in [0.29, 0.717) is 32.3 Å². The van der Waals surface area contributed by atoms with Crippen LogP contribution in [0.5, 0.6) is 5.75 Å². The highest BCUT2D eigenvalue weighted by Crippen LogP contribution is 2.32. The molecule has 0 aliphatic heterocycles. The third-order valence-electron chi connectivity index (χ3n) is 2.86. The molecule has 0 saturated carbocycles. The Hall–Kier alpha value is -1.70. The molecular weight excluding hydrogens is 359 g/mol. The number of thioether (sulfide) groups is 1. The van der Waals surface area contributed by atoms with E-state index in [1.165, 1.54) is 29.6 Å². The van der Waals surface area contributed by atoms with Gasteiger partial charge in [0.25, 0.3) is 5.91 Å². The van der Waals surface area contributed by atoms with Crippen molar-refractivity contribution >= 4 is 46.9 Å². The van der Waals surface area contributed by atoms with E-state index in [1.807, 2.05) is 6.26 Å². The number of amides is 1. The maximum atomic E-state index is 12.1. The molecule has 1 amide bonds. The van der Waals surface area contributed by atoms with Crippen LogP contribution >= 0.6 is 35.0 Å². The van der Waals surface area contributed by atoms with Gasteiger partial charge in [-0.2, -0.15) is 0 Å². The van der Waals surface area contributed by atoms with Crippen LogP contribution in [0.4, 0.5) is 0 Å². The molecule has 2 rings (SSSR count). The molecule has 122 valence electrons. The van der Waals surface area contributed by atoms with Crippen molar-refractivity contribution in [1.82, 2.24) is 14.9 Å². The lowest BCUT2D eigenvalue weighted by Crippen LogP contribution is -2.22. The third-order valence-corrected chi connectivity index (χ3v) is 3.98. The van der Waals surface area contributed by atoms with Crippen molar-refractivity contribution in [3.8, 4) is 5.75 Å². The molecule has 2 aromatic rings. The predicted molar refractivity (Wildman–Crippen MR) is 93.0 cm³/mol. The molecule has 1 aromatic carbocycles. The molecule has 1 heterocycles. The summed E-state index contributed by atoms with van der Waals surface area (Å²) in [4.78, 5) is 12.1. The van der Waals surface area contributed by atoms with Crippen LogP contribution in [0, 0.1) is 6.92 Å². The Kier molecular flexibility index (Phi) is 5.92. The van der Waals surface area contributed by atoms with Crippen LogP contribution in [-0.2, 0) is 4.79 Å². The minimum Gasteiger partial charge on any atom is -0.495 e. The van der Waals surface area contributed by atoms with Crippen LogP contribution in [0.3, 0.4) is 0 Å². The van der Waals surface area contributed by atoms with Gasteiger partial charge in [0.2, 0.25) is 5.16 Å². The number of benzene rings is 1. The number of nitrogens with one attached hydrogen (secondary N) is 1. The van der Waals surface area contributed by atoms with Crippen LogP contribution in [0.15, 0.2) is 23.4 Å². The number of carbonyl (C=O) groups is 1. The number of halogens is 2. The number of carbonyl (C=O) groups excluding carboxylic acids is 1. The van der Waals surface area contributed by atoms with Gasteiger partial charge in [-0.3, -0.25) is 10.2 Å². The van der Waals surface area contributed by atoms with Gasteiger partial charge in [-0.25, -0.2) is 4.68 Å². The van der Waals surface area contributed by atoms with Gasteiger partial charge in [0.15, 0.2) is 0 Å². The highest BCUT2D eigenvalue weighted by molar-refractivity contribution is 7.98. The third kappa shape index (κ3) is 4.19. The monoisotopic (exact) mass is 372 g/mol. The predicted octanol–water partition coefficient (Wildman–Crippen LogP) is 3.41. The second-order valence-corrected chi connectivity index (χ2v) is 6.01. The summed E-state index contributed by atoms with van der Waals surface area (Å²) in [6.07, 6.45) is 4.78. The van der Waals surface area contributed by atoms with Crippen molar-refractivity contribution < 1.29 is 9.53 Å². The number of hydrogen-bond donors (Lipinski definition) is 1. The normalized spacial score (nSPS) is 11.0. The zero-order valence-electron chi connectivity index (χ0n) is 12.6. The first-order chi connectivity index (χ1) is 11.0. The standard InChI is InChI=1S/C14H14Cl2N4O2S/c1-8-17-18-14(23-3)20(8)19-12(21)5-4-9-6-10(15)7-11(16)13(9)22-2/h4-7H,1-3H3,(H,19,21)/b5-4+. The van der Waals surface area contributed by atoms with Gasteiger partial charge in [0, 0.05) is 16.7 Å². The number of nitrogens with zero attached hydrogens (tertiary/aromatic N) is 3. The van der Waals surface area contributed by atoms with Gasteiger partial charge in [-0.05, 0) is 31.4 Å². The minimum absolute atomic E-state index is 0.346. The van der Waals surface area contributed by atoms with E-state index in [1.54, 1.807) is 25.1 Å². The minimum atomic E-state index is -0.346. The lowest BCUT2D eigenvalue weighted by Gasteiger charge is -2.08. The first-order valence-electron chi connectivity index (χ1n) is 6.44. The molecule has 0 fully saturated rings. The zero-order chi connectivity index (χ0) is 17.0. The molecular formula is C14H14Cl2N4O2S. The number of methoxy groups -OCH3 is 1. The Labute approximate surface area is 147 Å². The summed E-state index contributed by atoms with van der Waals surface area (Å²) in [5.74, 6) is 0.686. The van der Waals surface area contributed by atoms with Crippen molar-refractivity contribution in [3.63, 3.8) is 0 Å². The maximum absolute atomic E-state index is 12.1. The molecule has 1 aromatic heterocycles. The molecule has 23 heavy (non-hydrogen) atoms. The fourth-order valence-electron chi connectivity index (χ4n) is 1.84. The van der Waals surface area contributed by atoms with Gasteiger partial charge < -0.3 is 4.74 Å². The van der Waals surface area contributed by atoms with E-state index in [2.05, 4.69) is 15.6 Å². The molecule has 0 atom stereocenters. The summed E-state index contributed by atoms with van der Waals surface area (Å²) in [5, 5.41) is 9.26. The molecule has 0 unspecified atom stereocenters. The van der Waals surface area contributed by atoms with Crippen LogP contribution in [0.1, 0.15) is 11.4 Å². The molecule has 6 nitrogen and oxygen atoms in total. The quantitative estimate of drug-likeness (QED) is 0.643. The molecule has 0 saturated heterocycles. The summed E-state index contributed by atoms with van der Waals surface area (Å²) in [5.41, 5.74) is 3.29. The fourth-order valence-corrected chi connectivity index (χ4v) is 2.91. The second-order valence-electron chi connectivity index (χ2n) is 4.39. The van der Waals surface area contributed by atoms with Gasteiger partial charge in [0.1, 0.15) is 11.6 Å². The first kappa shape index (κ1) is 17.7. The number of aromatic nitrogens is 3. The van der Waals surface area contributed by atoms with E-state index in [0.717, 1.165) is 0 Å². The van der Waals surface area contributed by atoms with Crippen molar-refractivity contribution in [2.75, 3.05) is 18.8 Å². The molecule has 0 radical (unpaired) electrons. The Morgan fingerprint density at radius 3 is 2.78 bits per heavy atom. The first-order valence-corrected chi connectivity index (χ1v) is 8.42. The van der Waals surface area contributed by atoms with Gasteiger partial charge >= 0.3 is 0 Å². The van der Waals surface area contributed by atoms with Crippen molar-refractivity contribution in [1.29, 1.82) is 0 Å². The van der Waals surface area contributed by atoms with Crippen LogP contribution in [0.2, 0.25) is 10.0 Å². The smallest absolute Gasteiger partial charge is 0.262 e. The maximum Gasteiger partial charge on any atom is 0.262 e. The molecule has 0 bridgehead atoms. The molecule has 0 spiro atoms. The topological polar surface area (TPSA) is 69.0 Å². The summed E-state index contributed by atoms with van der Waals surface area (Å²) in [6.45, 7) is 1.75. The summed E-state index contributed by atoms with van der Waals surface area (Å²) in [6, 6.07) is 3.23. The molecule has 1 N–H and O–H groups in total. The largest absolute Gasteiger partial charge is 0.495 e. The van der Waals surface area contributed by atoms with Crippen LogP contribution < -0.4 is 10.2 Å². The molecule has 9 heteroatoms.